The van der Waals surface area contributed by atoms with Gasteiger partial charge in [-0.05, 0) is 55.3 Å². The van der Waals surface area contributed by atoms with E-state index in [0.29, 0.717) is 29.6 Å². The summed E-state index contributed by atoms with van der Waals surface area (Å²) in [6.45, 7) is 4.35. The van der Waals surface area contributed by atoms with Gasteiger partial charge in [0, 0.05) is 29.9 Å². The van der Waals surface area contributed by atoms with Crippen LogP contribution in [0.5, 0.6) is 0 Å². The number of anilines is 2. The number of para-hydroxylation sites is 1. The summed E-state index contributed by atoms with van der Waals surface area (Å²) < 4.78 is 15.8. The molecule has 10 heteroatoms. The third kappa shape index (κ3) is 7.24. The van der Waals surface area contributed by atoms with Crippen LogP contribution in [0.1, 0.15) is 44.9 Å². The van der Waals surface area contributed by atoms with E-state index in [2.05, 4.69) is 10.3 Å². The molecule has 0 aliphatic carbocycles. The van der Waals surface area contributed by atoms with E-state index in [4.69, 9.17) is 15.1 Å². The van der Waals surface area contributed by atoms with Crippen LogP contribution in [-0.2, 0) is 11.3 Å². The molecule has 0 aliphatic rings. The maximum atomic E-state index is 13.8. The van der Waals surface area contributed by atoms with E-state index < -0.39 is 24.6 Å². The minimum Gasteiger partial charge on any atom is -0.481 e. The van der Waals surface area contributed by atoms with E-state index >= 15 is 0 Å². The van der Waals surface area contributed by atoms with Crippen molar-refractivity contribution in [3.05, 3.63) is 78.5 Å². The molecule has 4 rings (SSSR count). The van der Waals surface area contributed by atoms with Crippen molar-refractivity contribution < 1.29 is 24.5 Å². The van der Waals surface area contributed by atoms with Crippen molar-refractivity contribution in [2.24, 2.45) is 0 Å². The van der Waals surface area contributed by atoms with Crippen LogP contribution < -0.4 is 5.32 Å². The van der Waals surface area contributed by atoms with Crippen LogP contribution in [0.2, 0.25) is 0 Å². The van der Waals surface area contributed by atoms with Gasteiger partial charge in [0.05, 0.1) is 30.0 Å². The Morgan fingerprint density at radius 1 is 1.00 bits per heavy atom. The summed E-state index contributed by atoms with van der Waals surface area (Å²) in [5, 5.41) is 32.6. The van der Waals surface area contributed by atoms with Crippen LogP contribution in [0, 0.1) is 5.82 Å². The minimum atomic E-state index is -1.14. The number of aliphatic hydroxyl groups excluding tert-OH is 2. The van der Waals surface area contributed by atoms with Gasteiger partial charge in [-0.1, -0.05) is 32.0 Å². The van der Waals surface area contributed by atoms with Crippen molar-refractivity contribution in [3.63, 3.8) is 0 Å². The normalized spacial score (nSPS) is 12.9. The standard InChI is InChI=1S/C29H32FN5O4/c1-18(2)28-34-26(24-12-14-31-29(33-24)32-21-6-4-3-5-7-21)27(19-8-10-20(30)11-9-19)35(28)15-13-22(36)16-23(37)17-25(38)39/h3-12,14,18,22-23,36-37H,13,15-17H2,1-2H3,(H,38,39)(H,31,32,33). The number of nitrogens with zero attached hydrogens (tertiary/aromatic N) is 4. The third-order valence-corrected chi connectivity index (χ3v) is 6.20. The summed E-state index contributed by atoms with van der Waals surface area (Å²) in [4.78, 5) is 24.9. The largest absolute Gasteiger partial charge is 0.481 e. The number of hydrogen-bond acceptors (Lipinski definition) is 7. The first-order valence-electron chi connectivity index (χ1n) is 12.8. The predicted octanol–water partition coefficient (Wildman–Crippen LogP) is 4.99. The summed E-state index contributed by atoms with van der Waals surface area (Å²) >= 11 is 0. The molecule has 0 radical (unpaired) electrons. The molecule has 2 heterocycles. The van der Waals surface area contributed by atoms with Crippen LogP contribution in [0.3, 0.4) is 0 Å². The fourth-order valence-electron chi connectivity index (χ4n) is 4.41. The summed E-state index contributed by atoms with van der Waals surface area (Å²) in [5.41, 5.74) is 3.43. The molecule has 0 saturated carbocycles. The molecular formula is C29H32FN5O4. The van der Waals surface area contributed by atoms with Gasteiger partial charge in [-0.3, -0.25) is 4.79 Å². The van der Waals surface area contributed by atoms with Gasteiger partial charge < -0.3 is 25.2 Å². The van der Waals surface area contributed by atoms with Gasteiger partial charge in [-0.25, -0.2) is 19.3 Å². The molecular weight excluding hydrogens is 501 g/mol. The van der Waals surface area contributed by atoms with Crippen molar-refractivity contribution in [1.29, 1.82) is 0 Å². The second kappa shape index (κ2) is 12.6. The molecule has 4 N–H and O–H groups in total. The second-order valence-corrected chi connectivity index (χ2v) is 9.67. The van der Waals surface area contributed by atoms with E-state index in [1.165, 1.54) is 12.1 Å². The van der Waals surface area contributed by atoms with Gasteiger partial charge in [0.2, 0.25) is 5.95 Å². The van der Waals surface area contributed by atoms with Gasteiger partial charge in [-0.15, -0.1) is 0 Å². The first kappa shape index (κ1) is 27.9. The number of carboxylic acids is 1. The Hall–Kier alpha value is -4.15. The minimum absolute atomic E-state index is 0.0106. The third-order valence-electron chi connectivity index (χ3n) is 6.20. The zero-order chi connectivity index (χ0) is 27.9. The number of nitrogens with one attached hydrogen (secondary N) is 1. The lowest BCUT2D eigenvalue weighted by Crippen LogP contribution is -2.22. The quantitative estimate of drug-likeness (QED) is 0.200. The zero-order valence-corrected chi connectivity index (χ0v) is 21.8. The van der Waals surface area contributed by atoms with Crippen molar-refractivity contribution in [2.45, 2.75) is 57.8 Å². The number of halogens is 1. The summed E-state index contributed by atoms with van der Waals surface area (Å²) in [6, 6.07) is 17.4. The van der Waals surface area contributed by atoms with Crippen molar-refractivity contribution in [1.82, 2.24) is 19.5 Å². The van der Waals surface area contributed by atoms with Gasteiger partial charge in [-0.2, -0.15) is 0 Å². The number of aliphatic carboxylic acids is 1. The van der Waals surface area contributed by atoms with Gasteiger partial charge in [0.15, 0.2) is 0 Å². The Labute approximate surface area is 226 Å². The predicted molar refractivity (Wildman–Crippen MR) is 146 cm³/mol. The summed E-state index contributed by atoms with van der Waals surface area (Å²) in [5.74, 6) is -0.335. The van der Waals surface area contributed by atoms with Gasteiger partial charge in [0.25, 0.3) is 0 Å². The molecule has 2 aromatic carbocycles. The Bertz CT molecular complexity index is 1390. The number of rotatable bonds is 12. The molecule has 2 aromatic heterocycles. The number of benzene rings is 2. The number of aliphatic hydroxyl groups is 2. The lowest BCUT2D eigenvalue weighted by molar-refractivity contribution is -0.139. The number of hydrogen-bond donors (Lipinski definition) is 4. The number of carboxylic acid groups (broad SMARTS) is 1. The van der Waals surface area contributed by atoms with Crippen LogP contribution in [0.25, 0.3) is 22.6 Å². The molecule has 0 bridgehead atoms. The highest BCUT2D eigenvalue weighted by Crippen LogP contribution is 2.35. The van der Waals surface area contributed by atoms with E-state index in [1.54, 1.807) is 24.4 Å². The first-order chi connectivity index (χ1) is 18.7. The number of aromatic nitrogens is 4. The monoisotopic (exact) mass is 533 g/mol. The molecule has 4 aromatic rings. The van der Waals surface area contributed by atoms with E-state index in [1.807, 2.05) is 48.7 Å². The Morgan fingerprint density at radius 3 is 2.38 bits per heavy atom. The SMILES string of the molecule is CC(C)c1nc(-c2ccnc(Nc3ccccc3)n2)c(-c2ccc(F)cc2)n1CCC(O)CC(O)CC(=O)O. The topological polar surface area (TPSA) is 133 Å². The molecule has 0 fully saturated rings. The van der Waals surface area contributed by atoms with Crippen LogP contribution in [0.15, 0.2) is 66.9 Å². The van der Waals surface area contributed by atoms with Crippen LogP contribution in [0.4, 0.5) is 16.0 Å². The van der Waals surface area contributed by atoms with Crippen LogP contribution >= 0.6 is 0 Å². The first-order valence-corrected chi connectivity index (χ1v) is 12.8. The highest BCUT2D eigenvalue weighted by Gasteiger charge is 2.24. The van der Waals surface area contributed by atoms with E-state index in [9.17, 15) is 19.4 Å². The smallest absolute Gasteiger partial charge is 0.305 e. The zero-order valence-electron chi connectivity index (χ0n) is 21.8. The fraction of sp³-hybridized carbons (Fsp3) is 0.310. The molecule has 0 amide bonds. The maximum absolute atomic E-state index is 13.8. The molecule has 0 aliphatic heterocycles. The Balaban J connectivity index is 1.73. The van der Waals surface area contributed by atoms with E-state index in [0.717, 1.165) is 17.1 Å². The maximum Gasteiger partial charge on any atom is 0.305 e. The van der Waals surface area contributed by atoms with Crippen molar-refractivity contribution >= 4 is 17.6 Å². The molecule has 2 atom stereocenters. The lowest BCUT2D eigenvalue weighted by atomic mass is 10.1. The van der Waals surface area contributed by atoms with Crippen molar-refractivity contribution in [3.8, 4) is 22.6 Å². The number of carbonyl (C=O) groups is 1. The highest BCUT2D eigenvalue weighted by atomic mass is 19.1. The average Bonchev–Trinajstić information content (AvgIpc) is 3.28. The van der Waals surface area contributed by atoms with E-state index in [-0.39, 0.29) is 24.6 Å². The second-order valence-electron chi connectivity index (χ2n) is 9.67. The van der Waals surface area contributed by atoms with Gasteiger partial charge >= 0.3 is 5.97 Å². The molecule has 0 saturated heterocycles. The van der Waals surface area contributed by atoms with Gasteiger partial charge in [0.1, 0.15) is 17.3 Å². The molecule has 0 spiro atoms. The summed E-state index contributed by atoms with van der Waals surface area (Å²) in [7, 11) is 0. The Morgan fingerprint density at radius 2 is 1.72 bits per heavy atom. The molecule has 2 unspecified atom stereocenters. The van der Waals surface area contributed by atoms with Crippen molar-refractivity contribution in [2.75, 3.05) is 5.32 Å². The lowest BCUT2D eigenvalue weighted by Gasteiger charge is -2.18. The molecule has 204 valence electrons. The number of imidazole rings is 1. The Kier molecular flexibility index (Phi) is 9.00. The van der Waals surface area contributed by atoms with Crippen LogP contribution in [-0.4, -0.2) is 53.0 Å². The average molecular weight is 534 g/mol. The molecule has 39 heavy (non-hydrogen) atoms. The highest BCUT2D eigenvalue weighted by molar-refractivity contribution is 5.78. The molecule has 9 nitrogen and oxygen atoms in total. The summed E-state index contributed by atoms with van der Waals surface area (Å²) in [6.07, 6.45) is -0.663. The fourth-order valence-corrected chi connectivity index (χ4v) is 4.41.